The average molecular weight is 214 g/mol. The molecule has 0 saturated carbocycles. The Morgan fingerprint density at radius 3 is 2.87 bits per heavy atom. The fourth-order valence-electron chi connectivity index (χ4n) is 1.65. The Labute approximate surface area is 86.1 Å². The van der Waals surface area contributed by atoms with Crippen molar-refractivity contribution >= 4 is 5.82 Å². The molecule has 1 fully saturated rings. The van der Waals surface area contributed by atoms with Crippen molar-refractivity contribution in [1.82, 2.24) is 9.97 Å². The Bertz CT molecular complexity index is 345. The third-order valence-corrected chi connectivity index (χ3v) is 2.45. The first kappa shape index (κ1) is 10.2. The van der Waals surface area contributed by atoms with Crippen LogP contribution < -0.4 is 10.6 Å². The number of nitrogens with two attached hydrogens (primary N) is 1. The van der Waals surface area contributed by atoms with E-state index in [0.29, 0.717) is 12.4 Å². The summed E-state index contributed by atoms with van der Waals surface area (Å²) >= 11 is 0. The number of rotatable bonds is 2. The Morgan fingerprint density at radius 1 is 1.47 bits per heavy atom. The summed E-state index contributed by atoms with van der Waals surface area (Å²) in [5.74, 6) is 0.535. The molecule has 0 radical (unpaired) electrons. The van der Waals surface area contributed by atoms with Gasteiger partial charge in [-0.05, 0) is 6.42 Å². The van der Waals surface area contributed by atoms with Gasteiger partial charge in [-0.2, -0.15) is 0 Å². The molecule has 2 N–H and O–H groups in total. The molecule has 15 heavy (non-hydrogen) atoms. The second-order valence-electron chi connectivity index (χ2n) is 3.60. The minimum Gasteiger partial charge on any atom is -0.355 e. The second-order valence-corrected chi connectivity index (χ2v) is 3.60. The van der Waals surface area contributed by atoms with Gasteiger partial charge in [0, 0.05) is 25.2 Å². The van der Waals surface area contributed by atoms with Crippen LogP contribution in [-0.2, 0) is 0 Å². The molecule has 1 saturated heterocycles. The molecule has 0 spiro atoms. The summed E-state index contributed by atoms with van der Waals surface area (Å²) in [6.45, 7) is 1.43. The lowest BCUT2D eigenvalue weighted by Gasteiger charge is -2.16. The van der Waals surface area contributed by atoms with E-state index in [1.54, 1.807) is 0 Å². The maximum Gasteiger partial charge on any atom is 0.280 e. The highest BCUT2D eigenvalue weighted by atomic mass is 19.3. The lowest BCUT2D eigenvalue weighted by atomic mass is 10.3. The van der Waals surface area contributed by atoms with Crippen LogP contribution in [0, 0.1) is 0 Å². The minimum atomic E-state index is -2.55. The van der Waals surface area contributed by atoms with Crippen molar-refractivity contribution in [3.05, 3.63) is 18.1 Å². The Kier molecular flexibility index (Phi) is 2.77. The van der Waals surface area contributed by atoms with E-state index in [1.807, 2.05) is 4.90 Å². The van der Waals surface area contributed by atoms with Gasteiger partial charge in [-0.1, -0.05) is 0 Å². The monoisotopic (exact) mass is 214 g/mol. The lowest BCUT2D eigenvalue weighted by molar-refractivity contribution is 0.146. The van der Waals surface area contributed by atoms with E-state index < -0.39 is 6.43 Å². The molecule has 1 aromatic rings. The van der Waals surface area contributed by atoms with Crippen LogP contribution in [0.25, 0.3) is 0 Å². The van der Waals surface area contributed by atoms with Crippen molar-refractivity contribution in [3.63, 3.8) is 0 Å². The first-order chi connectivity index (χ1) is 7.16. The van der Waals surface area contributed by atoms with Gasteiger partial charge in [0.25, 0.3) is 6.43 Å². The largest absolute Gasteiger partial charge is 0.355 e. The van der Waals surface area contributed by atoms with Gasteiger partial charge in [-0.3, -0.25) is 0 Å². The van der Waals surface area contributed by atoms with Gasteiger partial charge >= 0.3 is 0 Å². The van der Waals surface area contributed by atoms with Gasteiger partial charge < -0.3 is 10.6 Å². The van der Waals surface area contributed by atoms with Crippen LogP contribution in [0.3, 0.4) is 0 Å². The summed E-state index contributed by atoms with van der Waals surface area (Å²) in [6, 6.07) is 1.43. The predicted octanol–water partition coefficient (Wildman–Crippen LogP) is 0.952. The lowest BCUT2D eigenvalue weighted by Crippen LogP contribution is -2.27. The number of halogens is 2. The zero-order chi connectivity index (χ0) is 10.8. The number of hydrogen-bond acceptors (Lipinski definition) is 4. The predicted molar refractivity (Wildman–Crippen MR) is 51.8 cm³/mol. The van der Waals surface area contributed by atoms with Gasteiger partial charge in [0.2, 0.25) is 0 Å². The molecule has 1 aromatic heterocycles. The maximum absolute atomic E-state index is 12.4. The highest BCUT2D eigenvalue weighted by Gasteiger charge is 2.21. The van der Waals surface area contributed by atoms with E-state index >= 15 is 0 Å². The van der Waals surface area contributed by atoms with E-state index in [-0.39, 0.29) is 11.7 Å². The first-order valence-electron chi connectivity index (χ1n) is 4.77. The number of aromatic nitrogens is 2. The highest BCUT2D eigenvalue weighted by molar-refractivity contribution is 5.40. The van der Waals surface area contributed by atoms with Crippen molar-refractivity contribution in [2.24, 2.45) is 5.73 Å². The molecule has 4 nitrogen and oxygen atoms in total. The van der Waals surface area contributed by atoms with E-state index in [2.05, 4.69) is 9.97 Å². The van der Waals surface area contributed by atoms with Crippen molar-refractivity contribution < 1.29 is 8.78 Å². The highest BCUT2D eigenvalue weighted by Crippen LogP contribution is 2.22. The number of anilines is 1. The Balaban J connectivity index is 2.18. The quantitative estimate of drug-likeness (QED) is 0.796. The van der Waals surface area contributed by atoms with Crippen LogP contribution in [0.4, 0.5) is 14.6 Å². The topological polar surface area (TPSA) is 55.0 Å². The van der Waals surface area contributed by atoms with Crippen LogP contribution in [-0.4, -0.2) is 29.1 Å². The molecule has 2 rings (SSSR count). The molecular formula is C9H12F2N4. The smallest absolute Gasteiger partial charge is 0.280 e. The van der Waals surface area contributed by atoms with Gasteiger partial charge in [0.1, 0.15) is 17.8 Å². The standard InChI is InChI=1S/C9H12F2N4/c10-9(11)7-3-8(14-5-13-7)15-2-1-6(12)4-15/h3,5-6,9H,1-2,4,12H2. The molecule has 1 atom stereocenters. The zero-order valence-corrected chi connectivity index (χ0v) is 8.11. The van der Waals surface area contributed by atoms with Gasteiger partial charge in [-0.15, -0.1) is 0 Å². The van der Waals surface area contributed by atoms with E-state index in [4.69, 9.17) is 5.73 Å². The SMILES string of the molecule is NC1CCN(c2cc(C(F)F)ncn2)C1. The minimum absolute atomic E-state index is 0.106. The summed E-state index contributed by atoms with van der Waals surface area (Å²) in [5.41, 5.74) is 5.49. The first-order valence-corrected chi connectivity index (χ1v) is 4.77. The average Bonchev–Trinajstić information content (AvgIpc) is 2.65. The third-order valence-electron chi connectivity index (χ3n) is 2.45. The molecule has 1 aliphatic rings. The molecule has 0 amide bonds. The van der Waals surface area contributed by atoms with Crippen molar-refractivity contribution in [2.45, 2.75) is 18.9 Å². The molecule has 0 aromatic carbocycles. The van der Waals surface area contributed by atoms with Crippen molar-refractivity contribution in [2.75, 3.05) is 18.0 Å². The summed E-state index contributed by atoms with van der Waals surface area (Å²) in [5, 5.41) is 0. The van der Waals surface area contributed by atoms with Crippen LogP contribution in [0.15, 0.2) is 12.4 Å². The zero-order valence-electron chi connectivity index (χ0n) is 8.11. The second kappa shape index (κ2) is 4.06. The molecule has 0 aliphatic carbocycles. The summed E-state index contributed by atoms with van der Waals surface area (Å²) in [7, 11) is 0. The normalized spacial score (nSPS) is 21.3. The summed E-state index contributed by atoms with van der Waals surface area (Å²) in [6.07, 6.45) is -0.516. The summed E-state index contributed by atoms with van der Waals surface area (Å²) in [4.78, 5) is 9.38. The van der Waals surface area contributed by atoms with Crippen LogP contribution in [0.1, 0.15) is 18.5 Å². The van der Waals surface area contributed by atoms with Crippen LogP contribution in [0.5, 0.6) is 0 Å². The Hall–Kier alpha value is -1.30. The molecule has 0 bridgehead atoms. The van der Waals surface area contributed by atoms with E-state index in [0.717, 1.165) is 13.0 Å². The van der Waals surface area contributed by atoms with Gasteiger partial charge in [-0.25, -0.2) is 18.7 Å². The summed E-state index contributed by atoms with van der Waals surface area (Å²) < 4.78 is 24.8. The fraction of sp³-hybridized carbons (Fsp3) is 0.556. The molecule has 1 unspecified atom stereocenters. The van der Waals surface area contributed by atoms with Gasteiger partial charge in [0.15, 0.2) is 0 Å². The number of nitrogens with zero attached hydrogens (tertiary/aromatic N) is 3. The van der Waals surface area contributed by atoms with Crippen molar-refractivity contribution in [1.29, 1.82) is 0 Å². The fourth-order valence-corrected chi connectivity index (χ4v) is 1.65. The third kappa shape index (κ3) is 2.20. The number of hydrogen-bond donors (Lipinski definition) is 1. The molecule has 1 aliphatic heterocycles. The maximum atomic E-state index is 12.4. The van der Waals surface area contributed by atoms with E-state index in [1.165, 1.54) is 12.4 Å². The van der Waals surface area contributed by atoms with Gasteiger partial charge in [0.05, 0.1) is 0 Å². The van der Waals surface area contributed by atoms with Crippen molar-refractivity contribution in [3.8, 4) is 0 Å². The number of alkyl halides is 2. The van der Waals surface area contributed by atoms with Crippen LogP contribution in [0.2, 0.25) is 0 Å². The molecular weight excluding hydrogens is 202 g/mol. The Morgan fingerprint density at radius 2 is 2.27 bits per heavy atom. The molecule has 82 valence electrons. The van der Waals surface area contributed by atoms with Crippen LogP contribution >= 0.6 is 0 Å². The molecule has 6 heteroatoms. The van der Waals surface area contributed by atoms with E-state index in [9.17, 15) is 8.78 Å². The molecule has 2 heterocycles.